The van der Waals surface area contributed by atoms with E-state index in [-0.39, 0.29) is 0 Å². The van der Waals surface area contributed by atoms with Crippen LogP contribution in [0.5, 0.6) is 5.75 Å². The van der Waals surface area contributed by atoms with Crippen molar-refractivity contribution >= 4 is 6.09 Å². The molecule has 0 saturated heterocycles. The van der Waals surface area contributed by atoms with E-state index in [4.69, 9.17) is 9.84 Å². The van der Waals surface area contributed by atoms with Crippen molar-refractivity contribution in [3.05, 3.63) is 29.8 Å². The minimum absolute atomic E-state index is 0.446. The summed E-state index contributed by atoms with van der Waals surface area (Å²) in [7, 11) is 0. The predicted octanol–water partition coefficient (Wildman–Crippen LogP) is 4.34. The molecule has 0 aromatic heterocycles. The molecule has 0 spiro atoms. The van der Waals surface area contributed by atoms with Crippen molar-refractivity contribution in [3.8, 4) is 5.75 Å². The van der Waals surface area contributed by atoms with Crippen LogP contribution in [-0.2, 0) is 6.42 Å². The maximum Gasteiger partial charge on any atom is 0.404 e. The van der Waals surface area contributed by atoms with E-state index < -0.39 is 6.09 Å². The topological polar surface area (TPSA) is 58.6 Å². The number of nitrogens with one attached hydrogen (secondary N) is 1. The predicted molar refractivity (Wildman–Crippen MR) is 96.8 cm³/mol. The first-order chi connectivity index (χ1) is 12.2. The molecule has 0 atom stereocenters. The van der Waals surface area contributed by atoms with Gasteiger partial charge in [0.2, 0.25) is 0 Å². The van der Waals surface area contributed by atoms with Crippen LogP contribution < -0.4 is 10.1 Å². The lowest BCUT2D eigenvalue weighted by molar-refractivity contribution is -0.0435. The number of hydrogen-bond donors (Lipinski definition) is 2. The van der Waals surface area contributed by atoms with Crippen molar-refractivity contribution in [2.45, 2.75) is 44.9 Å². The van der Waals surface area contributed by atoms with Gasteiger partial charge in [-0.1, -0.05) is 12.1 Å². The summed E-state index contributed by atoms with van der Waals surface area (Å²) in [6, 6.07) is 8.07. The number of hydrogen-bond acceptors (Lipinski definition) is 2. The fourth-order valence-corrected chi connectivity index (χ4v) is 5.89. The van der Waals surface area contributed by atoms with E-state index in [9.17, 15) is 4.79 Å². The molecule has 5 rings (SSSR count). The van der Waals surface area contributed by atoms with Crippen LogP contribution in [-0.4, -0.2) is 24.4 Å². The highest BCUT2D eigenvalue weighted by molar-refractivity contribution is 5.64. The molecule has 0 unspecified atom stereocenters. The summed E-state index contributed by atoms with van der Waals surface area (Å²) >= 11 is 0. The van der Waals surface area contributed by atoms with Gasteiger partial charge in [-0.05, 0) is 92.2 Å². The maximum absolute atomic E-state index is 10.5. The largest absolute Gasteiger partial charge is 0.494 e. The third-order valence-corrected chi connectivity index (χ3v) is 6.76. The minimum atomic E-state index is -0.968. The third-order valence-electron chi connectivity index (χ3n) is 6.76. The van der Waals surface area contributed by atoms with E-state index in [2.05, 4.69) is 5.32 Å². The molecule has 4 aliphatic carbocycles. The molecular formula is C21H29NO3. The van der Waals surface area contributed by atoms with Crippen LogP contribution in [0.1, 0.15) is 44.1 Å². The van der Waals surface area contributed by atoms with Gasteiger partial charge < -0.3 is 15.2 Å². The van der Waals surface area contributed by atoms with Crippen molar-refractivity contribution in [2.24, 2.45) is 29.6 Å². The molecular weight excluding hydrogens is 314 g/mol. The summed E-state index contributed by atoms with van der Waals surface area (Å²) in [6.45, 7) is 1.27. The first-order valence-corrected chi connectivity index (χ1v) is 9.86. The van der Waals surface area contributed by atoms with E-state index >= 15 is 0 Å². The highest BCUT2D eigenvalue weighted by Crippen LogP contribution is 2.57. The van der Waals surface area contributed by atoms with Crippen LogP contribution in [0.4, 0.5) is 4.79 Å². The van der Waals surface area contributed by atoms with Gasteiger partial charge in [-0.3, -0.25) is 0 Å². The van der Waals surface area contributed by atoms with E-state index in [0.29, 0.717) is 13.0 Å². The van der Waals surface area contributed by atoms with Gasteiger partial charge >= 0.3 is 6.09 Å². The lowest BCUT2D eigenvalue weighted by Gasteiger charge is -2.54. The molecule has 136 valence electrons. The molecule has 4 fully saturated rings. The Hall–Kier alpha value is -1.71. The van der Waals surface area contributed by atoms with Gasteiger partial charge in [-0.25, -0.2) is 4.79 Å². The lowest BCUT2D eigenvalue weighted by Crippen LogP contribution is -2.45. The number of amides is 1. The second-order valence-electron chi connectivity index (χ2n) is 8.36. The van der Waals surface area contributed by atoms with Crippen molar-refractivity contribution in [3.63, 3.8) is 0 Å². The van der Waals surface area contributed by atoms with E-state index in [1.54, 1.807) is 0 Å². The fraction of sp³-hybridized carbons (Fsp3) is 0.667. The number of benzene rings is 1. The van der Waals surface area contributed by atoms with E-state index in [1.807, 2.05) is 24.3 Å². The molecule has 25 heavy (non-hydrogen) atoms. The molecule has 4 saturated carbocycles. The Balaban J connectivity index is 1.22. The summed E-state index contributed by atoms with van der Waals surface area (Å²) in [6.07, 6.45) is 8.40. The monoisotopic (exact) mass is 343 g/mol. The van der Waals surface area contributed by atoms with Crippen LogP contribution in [0, 0.1) is 29.6 Å². The summed E-state index contributed by atoms with van der Waals surface area (Å²) in [4.78, 5) is 10.5. The van der Waals surface area contributed by atoms with Crippen molar-refractivity contribution < 1.29 is 14.6 Å². The minimum Gasteiger partial charge on any atom is -0.494 e. The zero-order valence-electron chi connectivity index (χ0n) is 14.8. The molecule has 0 radical (unpaired) electrons. The molecule has 2 N–H and O–H groups in total. The van der Waals surface area contributed by atoms with Crippen molar-refractivity contribution in [2.75, 3.05) is 13.2 Å². The fourth-order valence-electron chi connectivity index (χ4n) is 5.89. The lowest BCUT2D eigenvalue weighted by atomic mass is 9.51. The molecule has 4 nitrogen and oxygen atoms in total. The molecule has 0 heterocycles. The highest BCUT2D eigenvalue weighted by Gasteiger charge is 2.47. The quantitative estimate of drug-likeness (QED) is 0.774. The van der Waals surface area contributed by atoms with Crippen molar-refractivity contribution in [1.82, 2.24) is 5.32 Å². The normalized spacial score (nSPS) is 32.6. The Kier molecular flexibility index (Phi) is 4.87. The SMILES string of the molecule is O=C(O)NCCc1ccc(OCCC2C3CC4CC(C3)CC2C4)cc1. The van der Waals surface area contributed by atoms with Crippen LogP contribution >= 0.6 is 0 Å². The van der Waals surface area contributed by atoms with Gasteiger partial charge in [-0.2, -0.15) is 0 Å². The number of rotatable bonds is 7. The molecule has 1 aromatic carbocycles. The molecule has 1 aromatic rings. The Morgan fingerprint density at radius 3 is 2.28 bits per heavy atom. The van der Waals surface area contributed by atoms with Crippen molar-refractivity contribution in [1.29, 1.82) is 0 Å². The first kappa shape index (κ1) is 16.7. The van der Waals surface area contributed by atoms with Gasteiger partial charge in [0.05, 0.1) is 6.61 Å². The summed E-state index contributed by atoms with van der Waals surface area (Å²) in [5, 5.41) is 11.0. The van der Waals surface area contributed by atoms with Gasteiger partial charge in [0.15, 0.2) is 0 Å². The van der Waals surface area contributed by atoms with Gasteiger partial charge in [0.25, 0.3) is 0 Å². The van der Waals surface area contributed by atoms with Crippen LogP contribution in [0.25, 0.3) is 0 Å². The first-order valence-electron chi connectivity index (χ1n) is 9.86. The molecule has 1 amide bonds. The van der Waals surface area contributed by atoms with Crippen LogP contribution in [0.3, 0.4) is 0 Å². The Morgan fingerprint density at radius 2 is 1.68 bits per heavy atom. The average molecular weight is 343 g/mol. The number of ether oxygens (including phenoxy) is 1. The van der Waals surface area contributed by atoms with Crippen LogP contribution in [0.2, 0.25) is 0 Å². The highest BCUT2D eigenvalue weighted by atomic mass is 16.5. The summed E-state index contributed by atoms with van der Waals surface area (Å²) < 4.78 is 6.00. The summed E-state index contributed by atoms with van der Waals surface area (Å²) in [5.74, 6) is 5.87. The van der Waals surface area contributed by atoms with Gasteiger partial charge in [-0.15, -0.1) is 0 Å². The van der Waals surface area contributed by atoms with E-state index in [0.717, 1.165) is 47.5 Å². The standard InChI is InChI=1S/C21H29NO3/c23-21(24)22-7-5-14-1-3-19(4-2-14)25-8-6-20-17-10-15-9-16(12-17)13-18(20)11-15/h1-4,15-18,20,22H,5-13H2,(H,23,24). The molecule has 4 aliphatic rings. The zero-order valence-corrected chi connectivity index (χ0v) is 14.8. The van der Waals surface area contributed by atoms with Gasteiger partial charge in [0.1, 0.15) is 5.75 Å². The van der Waals surface area contributed by atoms with Crippen LogP contribution in [0.15, 0.2) is 24.3 Å². The second-order valence-corrected chi connectivity index (χ2v) is 8.36. The number of carboxylic acid groups (broad SMARTS) is 1. The Labute approximate surface area is 150 Å². The van der Waals surface area contributed by atoms with Gasteiger partial charge in [0, 0.05) is 6.54 Å². The Bertz CT molecular complexity index is 570. The average Bonchev–Trinajstić information content (AvgIpc) is 2.58. The third kappa shape index (κ3) is 3.94. The maximum atomic E-state index is 10.5. The van der Waals surface area contributed by atoms with E-state index in [1.165, 1.54) is 38.5 Å². The number of carbonyl (C=O) groups is 1. The summed E-state index contributed by atoms with van der Waals surface area (Å²) in [5.41, 5.74) is 1.13. The second kappa shape index (κ2) is 7.27. The molecule has 0 aliphatic heterocycles. The molecule has 4 bridgehead atoms. The smallest absolute Gasteiger partial charge is 0.404 e. The molecule has 4 heteroatoms. The Morgan fingerprint density at radius 1 is 1.04 bits per heavy atom. The zero-order chi connectivity index (χ0) is 17.2.